The van der Waals surface area contributed by atoms with E-state index >= 15 is 0 Å². The summed E-state index contributed by atoms with van der Waals surface area (Å²) in [6.45, 7) is 3.36. The average Bonchev–Trinajstić information content (AvgIpc) is 2.00. The number of nitrogens with one attached hydrogen (secondary N) is 2. The van der Waals surface area contributed by atoms with Gasteiger partial charge in [-0.25, -0.2) is 5.43 Å². The van der Waals surface area contributed by atoms with Crippen LogP contribution in [0, 0.1) is 0 Å². The molecule has 0 saturated carbocycles. The minimum Gasteiger partial charge on any atom is -0.394 e. The lowest BCUT2D eigenvalue weighted by molar-refractivity contribution is -0.124. The van der Waals surface area contributed by atoms with Crippen LogP contribution < -0.4 is 10.9 Å². The number of hydrogen-bond donors (Lipinski definition) is 4. The molecule has 0 aromatic heterocycles. The predicted molar refractivity (Wildman–Crippen MR) is 44.1 cm³/mol. The van der Waals surface area contributed by atoms with Crippen LogP contribution in [0.15, 0.2) is 0 Å². The maximum atomic E-state index is 10.9. The van der Waals surface area contributed by atoms with Crippen molar-refractivity contribution >= 4 is 5.91 Å². The van der Waals surface area contributed by atoms with Crippen LogP contribution in [0.3, 0.4) is 0 Å². The highest BCUT2D eigenvalue weighted by Gasteiger charge is 2.08. The van der Waals surface area contributed by atoms with Gasteiger partial charge in [-0.15, -0.1) is 0 Å². The summed E-state index contributed by atoms with van der Waals surface area (Å²) >= 11 is 0. The Hall–Kier alpha value is -0.650. The maximum Gasteiger partial charge on any atom is 0.236 e. The lowest BCUT2D eigenvalue weighted by Crippen LogP contribution is -2.43. The minimum absolute atomic E-state index is 0.0871. The molecule has 0 bridgehead atoms. The van der Waals surface area contributed by atoms with Gasteiger partial charge >= 0.3 is 0 Å². The number of hydrogen-bond acceptors (Lipinski definition) is 4. The number of carbonyl (C=O) groups excluding carboxylic acids is 1. The van der Waals surface area contributed by atoms with E-state index in [1.54, 1.807) is 0 Å². The van der Waals surface area contributed by atoms with E-state index in [1.165, 1.54) is 0 Å². The molecular weight excluding hydrogens is 160 g/mol. The van der Waals surface area contributed by atoms with Gasteiger partial charge in [0.2, 0.25) is 5.91 Å². The van der Waals surface area contributed by atoms with Crippen LogP contribution >= 0.6 is 0 Å². The molecule has 1 amide bonds. The summed E-state index contributed by atoms with van der Waals surface area (Å²) in [7, 11) is 0. The third kappa shape index (κ3) is 6.09. The molecule has 0 aliphatic rings. The summed E-state index contributed by atoms with van der Waals surface area (Å²) in [5, 5.41) is 17.3. The Bertz CT molecular complexity index is 139. The van der Waals surface area contributed by atoms with Crippen LogP contribution in [0.4, 0.5) is 0 Å². The van der Waals surface area contributed by atoms with Gasteiger partial charge in [-0.2, -0.15) is 0 Å². The number of aliphatic hydroxyl groups excluding tert-OH is 2. The molecule has 72 valence electrons. The standard InChI is InChI=1S/C7H16N2O3/c1-5(2)8-9-7(12)3-6(11)4-10/h5-6,8,10-11H,3-4H2,1-2H3,(H,9,12)/t6-/m0/s1. The van der Waals surface area contributed by atoms with Gasteiger partial charge in [0.05, 0.1) is 19.1 Å². The maximum absolute atomic E-state index is 10.9. The Morgan fingerprint density at radius 2 is 2.08 bits per heavy atom. The Morgan fingerprint density at radius 1 is 1.50 bits per heavy atom. The zero-order valence-electron chi connectivity index (χ0n) is 7.37. The molecule has 0 fully saturated rings. The first-order valence-electron chi connectivity index (χ1n) is 3.89. The lowest BCUT2D eigenvalue weighted by atomic mass is 10.2. The van der Waals surface area contributed by atoms with Crippen molar-refractivity contribution in [3.63, 3.8) is 0 Å². The second-order valence-corrected chi connectivity index (χ2v) is 2.89. The molecule has 0 unspecified atom stereocenters. The summed E-state index contributed by atoms with van der Waals surface area (Å²) in [5.74, 6) is -0.328. The molecule has 0 saturated heterocycles. The summed E-state index contributed by atoms with van der Waals surface area (Å²) in [5.41, 5.74) is 5.07. The Labute approximate surface area is 71.7 Å². The zero-order chi connectivity index (χ0) is 9.56. The lowest BCUT2D eigenvalue weighted by Gasteiger charge is -2.11. The summed E-state index contributed by atoms with van der Waals surface area (Å²) in [6.07, 6.45) is -1.06. The predicted octanol–water partition coefficient (Wildman–Crippen LogP) is -1.24. The summed E-state index contributed by atoms with van der Waals surface area (Å²) in [4.78, 5) is 10.9. The first-order chi connectivity index (χ1) is 5.56. The van der Waals surface area contributed by atoms with Crippen LogP contribution in [-0.4, -0.2) is 34.9 Å². The molecule has 0 rings (SSSR count). The molecule has 5 heteroatoms. The molecule has 0 spiro atoms. The van der Waals surface area contributed by atoms with Crippen molar-refractivity contribution in [1.82, 2.24) is 10.9 Å². The van der Waals surface area contributed by atoms with Gasteiger partial charge in [-0.1, -0.05) is 0 Å². The minimum atomic E-state index is -0.973. The van der Waals surface area contributed by atoms with Gasteiger partial charge in [0.1, 0.15) is 0 Å². The molecular formula is C7H16N2O3. The van der Waals surface area contributed by atoms with Crippen LogP contribution in [0.1, 0.15) is 20.3 Å². The van der Waals surface area contributed by atoms with E-state index in [1.807, 2.05) is 13.8 Å². The second kappa shape index (κ2) is 5.93. The molecule has 0 aliphatic carbocycles. The van der Waals surface area contributed by atoms with E-state index in [0.29, 0.717) is 0 Å². The zero-order valence-corrected chi connectivity index (χ0v) is 7.37. The van der Waals surface area contributed by atoms with Crippen molar-refractivity contribution in [3.05, 3.63) is 0 Å². The Balaban J connectivity index is 3.46. The molecule has 0 radical (unpaired) electrons. The summed E-state index contributed by atoms with van der Waals surface area (Å²) < 4.78 is 0. The molecule has 1 atom stereocenters. The van der Waals surface area contributed by atoms with Crippen molar-refractivity contribution < 1.29 is 15.0 Å². The Kier molecular flexibility index (Phi) is 5.61. The van der Waals surface area contributed by atoms with E-state index < -0.39 is 12.7 Å². The van der Waals surface area contributed by atoms with Crippen molar-refractivity contribution in [2.75, 3.05) is 6.61 Å². The number of aliphatic hydroxyl groups is 2. The molecule has 4 N–H and O–H groups in total. The molecule has 0 heterocycles. The summed E-state index contributed by atoms with van der Waals surface area (Å²) in [6, 6.07) is 0.153. The fourth-order valence-corrected chi connectivity index (χ4v) is 0.554. The number of amides is 1. The molecule has 5 nitrogen and oxygen atoms in total. The topological polar surface area (TPSA) is 81.6 Å². The van der Waals surface area contributed by atoms with E-state index in [2.05, 4.69) is 10.9 Å². The number of carbonyl (C=O) groups is 1. The van der Waals surface area contributed by atoms with E-state index in [0.717, 1.165) is 0 Å². The SMILES string of the molecule is CC(C)NNC(=O)C[C@H](O)CO. The fraction of sp³-hybridized carbons (Fsp3) is 0.857. The van der Waals surface area contributed by atoms with Gasteiger partial charge in [0, 0.05) is 6.04 Å². The van der Waals surface area contributed by atoms with Gasteiger partial charge in [0.15, 0.2) is 0 Å². The van der Waals surface area contributed by atoms with Crippen LogP contribution in [0.5, 0.6) is 0 Å². The second-order valence-electron chi connectivity index (χ2n) is 2.89. The van der Waals surface area contributed by atoms with Crippen molar-refractivity contribution in [3.8, 4) is 0 Å². The molecule has 0 aromatic rings. The highest BCUT2D eigenvalue weighted by Crippen LogP contribution is 1.88. The van der Waals surface area contributed by atoms with Gasteiger partial charge in [0.25, 0.3) is 0 Å². The van der Waals surface area contributed by atoms with Gasteiger partial charge in [-0.3, -0.25) is 10.2 Å². The molecule has 0 aromatic carbocycles. The monoisotopic (exact) mass is 176 g/mol. The third-order valence-corrected chi connectivity index (χ3v) is 1.13. The van der Waals surface area contributed by atoms with Crippen LogP contribution in [0.25, 0.3) is 0 Å². The first-order valence-corrected chi connectivity index (χ1v) is 3.89. The Morgan fingerprint density at radius 3 is 2.50 bits per heavy atom. The van der Waals surface area contributed by atoms with E-state index in [-0.39, 0.29) is 18.4 Å². The first kappa shape index (κ1) is 11.4. The molecule has 0 aliphatic heterocycles. The van der Waals surface area contributed by atoms with Crippen molar-refractivity contribution in [1.29, 1.82) is 0 Å². The quantitative estimate of drug-likeness (QED) is 0.395. The van der Waals surface area contributed by atoms with E-state index in [9.17, 15) is 4.79 Å². The van der Waals surface area contributed by atoms with Crippen molar-refractivity contribution in [2.45, 2.75) is 32.4 Å². The average molecular weight is 176 g/mol. The van der Waals surface area contributed by atoms with Crippen molar-refractivity contribution in [2.24, 2.45) is 0 Å². The highest BCUT2D eigenvalue weighted by atomic mass is 16.3. The van der Waals surface area contributed by atoms with E-state index in [4.69, 9.17) is 10.2 Å². The van der Waals surface area contributed by atoms with Gasteiger partial charge < -0.3 is 10.2 Å². The van der Waals surface area contributed by atoms with Crippen LogP contribution in [-0.2, 0) is 4.79 Å². The molecule has 12 heavy (non-hydrogen) atoms. The highest BCUT2D eigenvalue weighted by molar-refractivity contribution is 5.75. The van der Waals surface area contributed by atoms with Crippen LogP contribution in [0.2, 0.25) is 0 Å². The largest absolute Gasteiger partial charge is 0.394 e. The number of rotatable bonds is 5. The fourth-order valence-electron chi connectivity index (χ4n) is 0.554. The normalized spacial score (nSPS) is 13.1. The number of hydrazine groups is 1. The van der Waals surface area contributed by atoms with Gasteiger partial charge in [-0.05, 0) is 13.8 Å². The third-order valence-electron chi connectivity index (χ3n) is 1.13. The smallest absolute Gasteiger partial charge is 0.236 e.